The van der Waals surface area contributed by atoms with Gasteiger partial charge in [-0.1, -0.05) is 18.2 Å². The summed E-state index contributed by atoms with van der Waals surface area (Å²) in [5.41, 5.74) is 2.50. The highest BCUT2D eigenvalue weighted by atomic mass is 19.1. The molecule has 0 bridgehead atoms. The fourth-order valence-corrected chi connectivity index (χ4v) is 2.29. The van der Waals surface area contributed by atoms with Gasteiger partial charge < -0.3 is 4.74 Å². The van der Waals surface area contributed by atoms with Crippen molar-refractivity contribution in [2.75, 3.05) is 0 Å². The molecule has 96 valence electrons. The number of rotatable bonds is 1. The van der Waals surface area contributed by atoms with Gasteiger partial charge in [-0.15, -0.1) is 0 Å². The van der Waals surface area contributed by atoms with Gasteiger partial charge in [-0.25, -0.2) is 4.39 Å². The molecule has 0 saturated carbocycles. The second-order valence-corrected chi connectivity index (χ2v) is 4.78. The minimum atomic E-state index is -0.331. The zero-order chi connectivity index (χ0) is 13.4. The fraction of sp³-hybridized carbons (Fsp3) is 0.188. The summed E-state index contributed by atoms with van der Waals surface area (Å²) in [5.74, 6) is 0.392. The molecule has 0 aliphatic carbocycles. The van der Waals surface area contributed by atoms with E-state index >= 15 is 0 Å². The number of hydrogen-bond acceptors (Lipinski definition) is 2. The van der Waals surface area contributed by atoms with Crippen LogP contribution in [0, 0.1) is 12.7 Å². The molecule has 0 saturated heterocycles. The molecule has 2 nitrogen and oxygen atoms in total. The Kier molecular flexibility index (Phi) is 2.82. The highest BCUT2D eigenvalue weighted by Crippen LogP contribution is 2.35. The van der Waals surface area contributed by atoms with Crippen LogP contribution >= 0.6 is 0 Å². The van der Waals surface area contributed by atoms with Crippen molar-refractivity contribution in [1.82, 2.24) is 0 Å². The van der Waals surface area contributed by atoms with E-state index in [1.54, 1.807) is 18.2 Å². The lowest BCUT2D eigenvalue weighted by Gasteiger charge is -2.25. The number of carbonyl (C=O) groups is 1. The molecule has 0 fully saturated rings. The molecule has 3 heteroatoms. The SMILES string of the molecule is Cc1ccc2c(c1)OC(c1ccc(F)cc1)CC2=O. The van der Waals surface area contributed by atoms with Crippen LogP contribution in [0.15, 0.2) is 42.5 Å². The second-order valence-electron chi connectivity index (χ2n) is 4.78. The molecule has 1 aliphatic rings. The Morgan fingerprint density at radius 2 is 1.89 bits per heavy atom. The van der Waals surface area contributed by atoms with Gasteiger partial charge in [0.1, 0.15) is 17.7 Å². The maximum absolute atomic E-state index is 12.9. The molecule has 3 rings (SSSR count). The predicted octanol–water partition coefficient (Wildman–Crippen LogP) is 3.84. The Hall–Kier alpha value is -2.16. The first-order valence-electron chi connectivity index (χ1n) is 6.19. The van der Waals surface area contributed by atoms with E-state index in [4.69, 9.17) is 4.74 Å². The van der Waals surface area contributed by atoms with Gasteiger partial charge in [0, 0.05) is 0 Å². The Labute approximate surface area is 110 Å². The molecule has 0 amide bonds. The summed E-state index contributed by atoms with van der Waals surface area (Å²) in [6.45, 7) is 1.95. The number of aryl methyl sites for hydroxylation is 1. The summed E-state index contributed by atoms with van der Waals surface area (Å²) in [5, 5.41) is 0. The Bertz CT molecular complexity index is 632. The number of carbonyl (C=O) groups excluding carboxylic acids is 1. The van der Waals surface area contributed by atoms with E-state index < -0.39 is 0 Å². The standard InChI is InChI=1S/C16H13FO2/c1-10-2-7-13-14(18)9-15(19-16(13)8-10)11-3-5-12(17)6-4-11/h2-8,15H,9H2,1H3. The van der Waals surface area contributed by atoms with E-state index in [1.807, 2.05) is 19.1 Å². The zero-order valence-corrected chi connectivity index (χ0v) is 10.5. The normalized spacial score (nSPS) is 17.8. The van der Waals surface area contributed by atoms with Crippen molar-refractivity contribution >= 4 is 5.78 Å². The van der Waals surface area contributed by atoms with Gasteiger partial charge in [-0.2, -0.15) is 0 Å². The van der Waals surface area contributed by atoms with Crippen LogP contribution in [-0.4, -0.2) is 5.78 Å². The first kappa shape index (κ1) is 11.9. The highest BCUT2D eigenvalue weighted by molar-refractivity contribution is 6.00. The largest absolute Gasteiger partial charge is 0.484 e. The topological polar surface area (TPSA) is 26.3 Å². The zero-order valence-electron chi connectivity index (χ0n) is 10.5. The molecule has 1 unspecified atom stereocenters. The van der Waals surface area contributed by atoms with Crippen molar-refractivity contribution in [2.45, 2.75) is 19.4 Å². The maximum Gasteiger partial charge on any atom is 0.170 e. The van der Waals surface area contributed by atoms with Crippen molar-refractivity contribution in [3.63, 3.8) is 0 Å². The van der Waals surface area contributed by atoms with E-state index in [2.05, 4.69) is 0 Å². The van der Waals surface area contributed by atoms with Crippen LogP contribution in [0.5, 0.6) is 5.75 Å². The van der Waals surface area contributed by atoms with Crippen LogP contribution in [-0.2, 0) is 0 Å². The summed E-state index contributed by atoms with van der Waals surface area (Å²) in [6.07, 6.45) is -0.0378. The molecule has 0 spiro atoms. The van der Waals surface area contributed by atoms with E-state index in [1.165, 1.54) is 12.1 Å². The Morgan fingerprint density at radius 1 is 1.16 bits per heavy atom. The molecule has 2 aromatic rings. The monoisotopic (exact) mass is 256 g/mol. The maximum atomic E-state index is 12.9. The van der Waals surface area contributed by atoms with Crippen LogP contribution in [0.1, 0.15) is 34.0 Å². The molecular formula is C16H13FO2. The van der Waals surface area contributed by atoms with Crippen LogP contribution < -0.4 is 4.74 Å². The van der Waals surface area contributed by atoms with Gasteiger partial charge in [0.2, 0.25) is 0 Å². The summed E-state index contributed by atoms with van der Waals surface area (Å²) in [6, 6.07) is 11.7. The van der Waals surface area contributed by atoms with Gasteiger partial charge in [-0.05, 0) is 42.3 Å². The lowest BCUT2D eigenvalue weighted by atomic mass is 9.95. The van der Waals surface area contributed by atoms with Crippen molar-refractivity contribution < 1.29 is 13.9 Å². The number of ketones is 1. The summed E-state index contributed by atoms with van der Waals surface area (Å²) >= 11 is 0. The number of benzene rings is 2. The minimum Gasteiger partial charge on any atom is -0.484 e. The molecule has 0 radical (unpaired) electrons. The van der Waals surface area contributed by atoms with Crippen molar-refractivity contribution in [3.05, 3.63) is 65.0 Å². The smallest absolute Gasteiger partial charge is 0.170 e. The minimum absolute atomic E-state index is 0.0653. The number of ether oxygens (including phenoxy) is 1. The van der Waals surface area contributed by atoms with Crippen LogP contribution in [0.25, 0.3) is 0 Å². The Morgan fingerprint density at radius 3 is 2.63 bits per heavy atom. The van der Waals surface area contributed by atoms with E-state index in [0.29, 0.717) is 17.7 Å². The van der Waals surface area contributed by atoms with Crippen molar-refractivity contribution in [1.29, 1.82) is 0 Å². The fourth-order valence-electron chi connectivity index (χ4n) is 2.29. The van der Waals surface area contributed by atoms with Crippen LogP contribution in [0.3, 0.4) is 0 Å². The number of Topliss-reactive ketones (excluding diaryl/α,β-unsaturated/α-hetero) is 1. The quantitative estimate of drug-likeness (QED) is 0.774. The van der Waals surface area contributed by atoms with E-state index in [0.717, 1.165) is 11.1 Å². The van der Waals surface area contributed by atoms with Gasteiger partial charge >= 0.3 is 0 Å². The van der Waals surface area contributed by atoms with Crippen LogP contribution in [0.4, 0.5) is 4.39 Å². The van der Waals surface area contributed by atoms with Crippen LogP contribution in [0.2, 0.25) is 0 Å². The number of halogens is 1. The summed E-state index contributed by atoms with van der Waals surface area (Å²) in [4.78, 5) is 12.1. The first-order valence-corrected chi connectivity index (χ1v) is 6.19. The molecule has 0 aromatic heterocycles. The molecule has 1 atom stereocenters. The number of fused-ring (bicyclic) bond motifs is 1. The Balaban J connectivity index is 1.96. The predicted molar refractivity (Wildman–Crippen MR) is 69.9 cm³/mol. The third-order valence-electron chi connectivity index (χ3n) is 3.32. The molecule has 0 N–H and O–H groups in total. The van der Waals surface area contributed by atoms with Gasteiger partial charge in [0.15, 0.2) is 5.78 Å². The molecule has 1 heterocycles. The molecule has 19 heavy (non-hydrogen) atoms. The van der Waals surface area contributed by atoms with Gasteiger partial charge in [0.05, 0.1) is 12.0 Å². The summed E-state index contributed by atoms with van der Waals surface area (Å²) < 4.78 is 18.8. The molecule has 1 aliphatic heterocycles. The average Bonchev–Trinajstić information content (AvgIpc) is 2.38. The third kappa shape index (κ3) is 2.24. The molecular weight excluding hydrogens is 243 g/mol. The highest BCUT2D eigenvalue weighted by Gasteiger charge is 2.27. The van der Waals surface area contributed by atoms with Crippen molar-refractivity contribution in [3.8, 4) is 5.75 Å². The van der Waals surface area contributed by atoms with Gasteiger partial charge in [0.25, 0.3) is 0 Å². The summed E-state index contributed by atoms with van der Waals surface area (Å²) in [7, 11) is 0. The third-order valence-corrected chi connectivity index (χ3v) is 3.32. The van der Waals surface area contributed by atoms with E-state index in [9.17, 15) is 9.18 Å². The first-order chi connectivity index (χ1) is 9.13. The lowest BCUT2D eigenvalue weighted by Crippen LogP contribution is -2.20. The van der Waals surface area contributed by atoms with Gasteiger partial charge in [-0.3, -0.25) is 4.79 Å². The van der Waals surface area contributed by atoms with E-state index in [-0.39, 0.29) is 17.7 Å². The average molecular weight is 256 g/mol. The molecule has 2 aromatic carbocycles. The number of hydrogen-bond donors (Lipinski definition) is 0. The lowest BCUT2D eigenvalue weighted by molar-refractivity contribution is 0.0850. The van der Waals surface area contributed by atoms with Crippen molar-refractivity contribution in [2.24, 2.45) is 0 Å². The second kappa shape index (κ2) is 4.50.